The van der Waals surface area contributed by atoms with Crippen LogP contribution in [0.25, 0.3) is 0 Å². The second-order valence-electron chi connectivity index (χ2n) is 6.58. The molecular weight excluding hydrogens is 557 g/mol. The standard InChI is InChI=1S/C22H18ClF2IN2O4/c23-17-9-16(21(10-18(17)24)27-20-7-6-13(26)8-19(20)25)22(30)28-32-12-14(29)11-31-15-4-2-1-3-5-15/h1-10,14,27,29H,11-12H2,(H,28,30). The highest BCUT2D eigenvalue weighted by atomic mass is 127. The average Bonchev–Trinajstić information content (AvgIpc) is 2.77. The van der Waals surface area contributed by atoms with E-state index in [4.69, 9.17) is 21.2 Å². The summed E-state index contributed by atoms with van der Waals surface area (Å²) in [5.74, 6) is -1.55. The number of aliphatic hydroxyl groups excluding tert-OH is 1. The summed E-state index contributed by atoms with van der Waals surface area (Å²) in [5, 5.41) is 12.4. The van der Waals surface area contributed by atoms with Crippen molar-refractivity contribution in [2.24, 2.45) is 0 Å². The lowest BCUT2D eigenvalue weighted by atomic mass is 10.1. The molecule has 0 aliphatic carbocycles. The molecule has 6 nitrogen and oxygen atoms in total. The monoisotopic (exact) mass is 574 g/mol. The molecular formula is C22H18ClF2IN2O4. The van der Waals surface area contributed by atoms with Crippen LogP contribution in [-0.4, -0.2) is 30.3 Å². The van der Waals surface area contributed by atoms with Crippen molar-refractivity contribution >= 4 is 51.5 Å². The Bertz CT molecular complexity index is 1090. The molecule has 0 spiro atoms. The Hall–Kier alpha value is -2.47. The van der Waals surface area contributed by atoms with Gasteiger partial charge in [0.1, 0.15) is 36.7 Å². The molecule has 3 N–H and O–H groups in total. The number of halogens is 4. The zero-order chi connectivity index (χ0) is 23.1. The fourth-order valence-electron chi connectivity index (χ4n) is 2.59. The minimum atomic E-state index is -1.02. The number of hydroxylamine groups is 1. The summed E-state index contributed by atoms with van der Waals surface area (Å²) in [6.45, 7) is -0.316. The van der Waals surface area contributed by atoms with Crippen LogP contribution in [0.2, 0.25) is 5.02 Å². The highest BCUT2D eigenvalue weighted by Crippen LogP contribution is 2.28. The second-order valence-corrected chi connectivity index (χ2v) is 8.23. The van der Waals surface area contributed by atoms with Crippen LogP contribution in [-0.2, 0) is 4.84 Å². The van der Waals surface area contributed by atoms with Crippen molar-refractivity contribution in [1.29, 1.82) is 0 Å². The maximum Gasteiger partial charge on any atom is 0.277 e. The molecule has 0 aromatic heterocycles. The maximum absolute atomic E-state index is 14.2. The van der Waals surface area contributed by atoms with Gasteiger partial charge in [-0.2, -0.15) is 0 Å². The number of hydrogen-bond acceptors (Lipinski definition) is 5. The van der Waals surface area contributed by atoms with Crippen molar-refractivity contribution in [3.63, 3.8) is 0 Å². The Balaban J connectivity index is 1.62. The van der Waals surface area contributed by atoms with Gasteiger partial charge in [-0.1, -0.05) is 29.8 Å². The number of para-hydroxylation sites is 1. The quantitative estimate of drug-likeness (QED) is 0.246. The molecule has 3 aromatic rings. The number of carbonyl (C=O) groups is 1. The molecule has 3 aromatic carbocycles. The van der Waals surface area contributed by atoms with E-state index in [1.54, 1.807) is 30.3 Å². The summed E-state index contributed by atoms with van der Waals surface area (Å²) in [6, 6.07) is 15.4. The van der Waals surface area contributed by atoms with Crippen molar-refractivity contribution in [3.8, 4) is 5.75 Å². The maximum atomic E-state index is 14.2. The molecule has 1 atom stereocenters. The van der Waals surface area contributed by atoms with E-state index >= 15 is 0 Å². The predicted octanol–water partition coefficient (Wildman–Crippen LogP) is 5.07. The van der Waals surface area contributed by atoms with Crippen LogP contribution in [0.15, 0.2) is 60.7 Å². The van der Waals surface area contributed by atoms with Crippen LogP contribution in [0.3, 0.4) is 0 Å². The highest BCUT2D eigenvalue weighted by molar-refractivity contribution is 14.1. The Morgan fingerprint density at radius 1 is 1.03 bits per heavy atom. The van der Waals surface area contributed by atoms with Gasteiger partial charge in [-0.05, 0) is 65.1 Å². The molecule has 0 bridgehead atoms. The van der Waals surface area contributed by atoms with E-state index in [1.165, 1.54) is 12.1 Å². The van der Waals surface area contributed by atoms with Gasteiger partial charge < -0.3 is 15.2 Å². The Labute approximate surface area is 201 Å². The molecule has 0 aliphatic heterocycles. The molecule has 3 rings (SSSR count). The van der Waals surface area contributed by atoms with Crippen LogP contribution < -0.4 is 15.5 Å². The molecule has 0 saturated heterocycles. The lowest BCUT2D eigenvalue weighted by molar-refractivity contribution is -0.0259. The predicted molar refractivity (Wildman–Crippen MR) is 125 cm³/mol. The van der Waals surface area contributed by atoms with Gasteiger partial charge in [0.05, 0.1) is 22.0 Å². The first-order valence-electron chi connectivity index (χ1n) is 9.32. The van der Waals surface area contributed by atoms with Gasteiger partial charge in [0.2, 0.25) is 0 Å². The fourth-order valence-corrected chi connectivity index (χ4v) is 3.21. The number of benzene rings is 3. The van der Waals surface area contributed by atoms with Gasteiger partial charge in [0, 0.05) is 3.57 Å². The van der Waals surface area contributed by atoms with Gasteiger partial charge in [0.15, 0.2) is 0 Å². The Morgan fingerprint density at radius 2 is 1.78 bits per heavy atom. The van der Waals surface area contributed by atoms with Crippen molar-refractivity contribution in [2.75, 3.05) is 18.5 Å². The smallest absolute Gasteiger partial charge is 0.277 e. The van der Waals surface area contributed by atoms with Gasteiger partial charge in [-0.15, -0.1) is 0 Å². The molecule has 0 radical (unpaired) electrons. The van der Waals surface area contributed by atoms with E-state index in [2.05, 4.69) is 10.8 Å². The number of carbonyl (C=O) groups excluding carboxylic acids is 1. The lowest BCUT2D eigenvalue weighted by Gasteiger charge is -2.15. The third-order valence-electron chi connectivity index (χ3n) is 4.13. The van der Waals surface area contributed by atoms with E-state index in [1.807, 2.05) is 28.7 Å². The zero-order valence-electron chi connectivity index (χ0n) is 16.4. The largest absolute Gasteiger partial charge is 0.491 e. The average molecular weight is 575 g/mol. The lowest BCUT2D eigenvalue weighted by Crippen LogP contribution is -2.31. The SMILES string of the molecule is O=C(NOCC(O)COc1ccccc1)c1cc(Cl)c(F)cc1Nc1ccc(I)cc1F. The van der Waals surface area contributed by atoms with Crippen LogP contribution in [0.1, 0.15) is 10.4 Å². The molecule has 32 heavy (non-hydrogen) atoms. The summed E-state index contributed by atoms with van der Waals surface area (Å²) in [4.78, 5) is 17.6. The first-order chi connectivity index (χ1) is 15.3. The van der Waals surface area contributed by atoms with E-state index in [9.17, 15) is 18.7 Å². The molecule has 0 saturated carbocycles. The number of rotatable bonds is 9. The number of hydrogen-bond donors (Lipinski definition) is 3. The third kappa shape index (κ3) is 6.76. The van der Waals surface area contributed by atoms with E-state index in [0.717, 1.165) is 12.1 Å². The van der Waals surface area contributed by atoms with Crippen LogP contribution >= 0.6 is 34.2 Å². The molecule has 0 fully saturated rings. The van der Waals surface area contributed by atoms with Gasteiger partial charge >= 0.3 is 0 Å². The normalized spacial score (nSPS) is 11.7. The van der Waals surface area contributed by atoms with Crippen molar-refractivity contribution in [2.45, 2.75) is 6.10 Å². The van der Waals surface area contributed by atoms with Gasteiger partial charge in [0.25, 0.3) is 5.91 Å². The third-order valence-corrected chi connectivity index (χ3v) is 5.09. The second kappa shape index (κ2) is 11.4. The van der Waals surface area contributed by atoms with E-state index in [0.29, 0.717) is 9.32 Å². The molecule has 1 amide bonds. The number of nitrogens with one attached hydrogen (secondary N) is 2. The number of aliphatic hydroxyl groups is 1. The topological polar surface area (TPSA) is 79.8 Å². The Kier molecular flexibility index (Phi) is 8.62. The zero-order valence-corrected chi connectivity index (χ0v) is 19.4. The van der Waals surface area contributed by atoms with Crippen molar-refractivity contribution in [1.82, 2.24) is 5.48 Å². The van der Waals surface area contributed by atoms with Gasteiger partial charge in [-0.3, -0.25) is 9.63 Å². The first-order valence-corrected chi connectivity index (χ1v) is 10.8. The molecule has 1 unspecified atom stereocenters. The minimum Gasteiger partial charge on any atom is -0.491 e. The van der Waals surface area contributed by atoms with E-state index < -0.39 is 23.6 Å². The van der Waals surface area contributed by atoms with Crippen molar-refractivity contribution in [3.05, 3.63) is 86.5 Å². The number of anilines is 2. The van der Waals surface area contributed by atoms with Crippen molar-refractivity contribution < 1.29 is 28.3 Å². The number of amides is 1. The minimum absolute atomic E-state index is 0.0129. The molecule has 10 heteroatoms. The number of ether oxygens (including phenoxy) is 1. The molecule has 0 heterocycles. The first kappa shape index (κ1) is 24.2. The molecule has 0 aliphatic rings. The van der Waals surface area contributed by atoms with E-state index in [-0.39, 0.29) is 35.2 Å². The highest BCUT2D eigenvalue weighted by Gasteiger charge is 2.18. The van der Waals surface area contributed by atoms with Gasteiger partial charge in [-0.25, -0.2) is 14.3 Å². The summed E-state index contributed by atoms with van der Waals surface area (Å²) in [6.07, 6.45) is -1.02. The Morgan fingerprint density at radius 3 is 2.50 bits per heavy atom. The fraction of sp³-hybridized carbons (Fsp3) is 0.136. The summed E-state index contributed by atoms with van der Waals surface area (Å²) in [5.41, 5.74) is 2.11. The van der Waals surface area contributed by atoms with Crippen LogP contribution in [0.5, 0.6) is 5.75 Å². The summed E-state index contributed by atoms with van der Waals surface area (Å²) in [7, 11) is 0. The summed E-state index contributed by atoms with van der Waals surface area (Å²) < 4.78 is 34.3. The molecule has 168 valence electrons. The summed E-state index contributed by atoms with van der Waals surface area (Å²) >= 11 is 7.77. The van der Waals surface area contributed by atoms with Crippen LogP contribution in [0.4, 0.5) is 20.2 Å². The van der Waals surface area contributed by atoms with Crippen LogP contribution in [0, 0.1) is 15.2 Å².